The van der Waals surface area contributed by atoms with Crippen molar-refractivity contribution in [3.63, 3.8) is 0 Å². The Morgan fingerprint density at radius 3 is 2.53 bits per heavy atom. The molecule has 92 valence electrons. The summed E-state index contributed by atoms with van der Waals surface area (Å²) in [6.07, 6.45) is 1.24. The Morgan fingerprint density at radius 1 is 1.35 bits per heavy atom. The molecule has 0 aliphatic carbocycles. The number of hydrogen-bond donors (Lipinski definition) is 1. The van der Waals surface area contributed by atoms with Crippen LogP contribution in [0.5, 0.6) is 0 Å². The summed E-state index contributed by atoms with van der Waals surface area (Å²) < 4.78 is 28.9. The summed E-state index contributed by atoms with van der Waals surface area (Å²) in [4.78, 5) is 3.77. The van der Waals surface area contributed by atoms with E-state index in [9.17, 15) is 8.42 Å². The van der Waals surface area contributed by atoms with Gasteiger partial charge in [0.15, 0.2) is 4.60 Å². The number of anilines is 1. The Labute approximate surface area is 105 Å². The van der Waals surface area contributed by atoms with Crippen molar-refractivity contribution in [2.75, 3.05) is 4.72 Å². The largest absolute Gasteiger partial charge is 0.284 e. The Morgan fingerprint density at radius 2 is 2.06 bits per heavy atom. The van der Waals surface area contributed by atoms with Crippen LogP contribution in [0.15, 0.2) is 16.0 Å². The van der Waals surface area contributed by atoms with Gasteiger partial charge in [0.05, 0.1) is 0 Å². The summed E-state index contributed by atoms with van der Waals surface area (Å²) >= 11 is 3.02. The fraction of sp³-hybridized carbons (Fsp3) is 0.333. The number of hydrogen-bond acceptors (Lipinski definition) is 6. The molecular formula is C6H8BrN7O2S. The topological polar surface area (TPSA) is 108 Å². The molecule has 11 heteroatoms. The van der Waals surface area contributed by atoms with Crippen molar-refractivity contribution in [2.24, 2.45) is 14.1 Å². The quantitative estimate of drug-likeness (QED) is 0.817. The van der Waals surface area contributed by atoms with Gasteiger partial charge in [0, 0.05) is 14.1 Å². The van der Waals surface area contributed by atoms with E-state index in [0.29, 0.717) is 0 Å². The van der Waals surface area contributed by atoms with Crippen LogP contribution >= 0.6 is 15.9 Å². The number of nitrogens with zero attached hydrogens (tertiary/aromatic N) is 6. The van der Waals surface area contributed by atoms with Crippen LogP contribution in [-0.4, -0.2) is 38.2 Å². The van der Waals surface area contributed by atoms with Gasteiger partial charge in [0.1, 0.15) is 6.33 Å². The predicted octanol–water partition coefficient (Wildman–Crippen LogP) is -0.493. The maximum atomic E-state index is 12.0. The molecule has 2 aromatic heterocycles. The third-order valence-electron chi connectivity index (χ3n) is 1.93. The van der Waals surface area contributed by atoms with E-state index >= 15 is 0 Å². The molecule has 0 saturated carbocycles. The van der Waals surface area contributed by atoms with E-state index in [2.05, 4.69) is 41.0 Å². The first-order valence-corrected chi connectivity index (χ1v) is 6.61. The summed E-state index contributed by atoms with van der Waals surface area (Å²) in [6.45, 7) is 0. The van der Waals surface area contributed by atoms with Crippen molar-refractivity contribution in [2.45, 2.75) is 5.03 Å². The van der Waals surface area contributed by atoms with Gasteiger partial charge in [0.25, 0.3) is 10.0 Å². The number of halogens is 1. The zero-order valence-electron chi connectivity index (χ0n) is 8.86. The Bertz CT molecular complexity index is 626. The smallest absolute Gasteiger partial charge is 0.246 e. The van der Waals surface area contributed by atoms with Crippen molar-refractivity contribution in [1.29, 1.82) is 0 Å². The van der Waals surface area contributed by atoms with Gasteiger partial charge in [0.2, 0.25) is 11.0 Å². The van der Waals surface area contributed by atoms with E-state index in [4.69, 9.17) is 0 Å². The first-order valence-electron chi connectivity index (χ1n) is 4.34. The Kier molecular flexibility index (Phi) is 2.87. The van der Waals surface area contributed by atoms with Crippen LogP contribution in [0, 0.1) is 0 Å². The molecule has 17 heavy (non-hydrogen) atoms. The monoisotopic (exact) mass is 321 g/mol. The molecule has 1 N–H and O–H groups in total. The van der Waals surface area contributed by atoms with Crippen LogP contribution in [0.2, 0.25) is 0 Å². The second kappa shape index (κ2) is 4.07. The molecule has 0 aliphatic rings. The average molecular weight is 322 g/mol. The zero-order valence-corrected chi connectivity index (χ0v) is 11.3. The first kappa shape index (κ1) is 12.0. The van der Waals surface area contributed by atoms with Crippen LogP contribution in [0.3, 0.4) is 0 Å². The highest BCUT2D eigenvalue weighted by atomic mass is 79.9. The molecule has 2 aromatic rings. The number of sulfonamides is 1. The van der Waals surface area contributed by atoms with Gasteiger partial charge in [-0.05, 0) is 15.9 Å². The van der Waals surface area contributed by atoms with Crippen molar-refractivity contribution in [3.8, 4) is 0 Å². The second-order valence-corrected chi connectivity index (χ2v) is 5.47. The van der Waals surface area contributed by atoms with Gasteiger partial charge in [-0.2, -0.15) is 18.5 Å². The van der Waals surface area contributed by atoms with E-state index in [0.717, 1.165) is 4.68 Å². The number of nitrogens with one attached hydrogen (secondary N) is 1. The Balaban J connectivity index is 2.42. The fourth-order valence-electron chi connectivity index (χ4n) is 1.17. The van der Waals surface area contributed by atoms with Crippen molar-refractivity contribution in [1.82, 2.24) is 29.8 Å². The van der Waals surface area contributed by atoms with Crippen LogP contribution in [-0.2, 0) is 24.1 Å². The summed E-state index contributed by atoms with van der Waals surface area (Å²) in [5.41, 5.74) is 0. The second-order valence-electron chi connectivity index (χ2n) is 3.12. The zero-order chi connectivity index (χ0) is 12.6. The third-order valence-corrected chi connectivity index (χ3v) is 4.14. The third kappa shape index (κ3) is 2.15. The SMILES string of the molecule is Cn1ncnc1NS(=O)(=O)c1c(Br)nnn1C. The van der Waals surface area contributed by atoms with Gasteiger partial charge in [-0.15, -0.1) is 5.10 Å². The van der Waals surface area contributed by atoms with Crippen LogP contribution in [0.4, 0.5) is 5.95 Å². The van der Waals surface area contributed by atoms with Crippen molar-refractivity contribution >= 4 is 31.9 Å². The van der Waals surface area contributed by atoms with Gasteiger partial charge < -0.3 is 0 Å². The van der Waals surface area contributed by atoms with Crippen LogP contribution in [0.25, 0.3) is 0 Å². The summed E-state index contributed by atoms with van der Waals surface area (Å²) in [6, 6.07) is 0. The van der Waals surface area contributed by atoms with E-state index in [1.54, 1.807) is 7.05 Å². The molecule has 0 saturated heterocycles. The lowest BCUT2D eigenvalue weighted by Crippen LogP contribution is -2.19. The van der Waals surface area contributed by atoms with Crippen molar-refractivity contribution in [3.05, 3.63) is 10.9 Å². The molecule has 0 aliphatic heterocycles. The fourth-order valence-corrected chi connectivity index (χ4v) is 3.30. The molecule has 0 fully saturated rings. The molecule has 0 bridgehead atoms. The first-order chi connectivity index (χ1) is 7.92. The summed E-state index contributed by atoms with van der Waals surface area (Å²) in [5.74, 6) is 0.109. The molecule has 0 amide bonds. The van der Waals surface area contributed by atoms with Gasteiger partial charge >= 0.3 is 0 Å². The lowest BCUT2D eigenvalue weighted by atomic mass is 10.9. The minimum atomic E-state index is -3.81. The van der Waals surface area contributed by atoms with Crippen molar-refractivity contribution < 1.29 is 8.42 Å². The lowest BCUT2D eigenvalue weighted by molar-refractivity contribution is 0.577. The normalized spacial score (nSPS) is 11.7. The molecular weight excluding hydrogens is 314 g/mol. The molecule has 2 rings (SSSR count). The molecule has 0 radical (unpaired) electrons. The number of aromatic nitrogens is 6. The van der Waals surface area contributed by atoms with E-state index in [1.807, 2.05) is 0 Å². The van der Waals surface area contributed by atoms with Gasteiger partial charge in [-0.25, -0.2) is 14.1 Å². The molecule has 2 heterocycles. The van der Waals surface area contributed by atoms with Gasteiger partial charge in [-0.1, -0.05) is 5.21 Å². The molecule has 0 aromatic carbocycles. The van der Waals surface area contributed by atoms with Gasteiger partial charge in [-0.3, -0.25) is 0 Å². The minimum absolute atomic E-state index is 0.0829. The number of rotatable bonds is 3. The van der Waals surface area contributed by atoms with E-state index < -0.39 is 10.0 Å². The highest BCUT2D eigenvalue weighted by Crippen LogP contribution is 2.19. The number of aryl methyl sites for hydroxylation is 2. The highest BCUT2D eigenvalue weighted by Gasteiger charge is 2.25. The molecule has 0 unspecified atom stereocenters. The highest BCUT2D eigenvalue weighted by molar-refractivity contribution is 9.10. The summed E-state index contributed by atoms with van der Waals surface area (Å²) in [7, 11) is -0.760. The standard InChI is InChI=1S/C6H8BrN7O2S/c1-13-5(4(7)10-12-13)17(15,16)11-6-8-3-9-14(6)2/h3H,1-2H3,(H,8,9,11). The van der Waals surface area contributed by atoms with E-state index in [-0.39, 0.29) is 15.6 Å². The molecule has 9 nitrogen and oxygen atoms in total. The average Bonchev–Trinajstić information content (AvgIpc) is 2.74. The minimum Gasteiger partial charge on any atom is -0.246 e. The lowest BCUT2D eigenvalue weighted by Gasteiger charge is -2.06. The molecule has 0 spiro atoms. The Hall–Kier alpha value is -1.49. The van der Waals surface area contributed by atoms with Crippen LogP contribution in [0.1, 0.15) is 0 Å². The summed E-state index contributed by atoms with van der Waals surface area (Å²) in [5, 5.41) is 10.9. The van der Waals surface area contributed by atoms with Crippen LogP contribution < -0.4 is 4.72 Å². The maximum absolute atomic E-state index is 12.0. The van der Waals surface area contributed by atoms with E-state index in [1.165, 1.54) is 18.1 Å². The maximum Gasteiger partial charge on any atom is 0.284 e. The predicted molar refractivity (Wildman–Crippen MR) is 60.5 cm³/mol. The molecule has 0 atom stereocenters.